The van der Waals surface area contributed by atoms with E-state index in [2.05, 4.69) is 0 Å². The molecule has 2 unspecified atom stereocenters. The molecule has 112 valence electrons. The summed E-state index contributed by atoms with van der Waals surface area (Å²) in [6.45, 7) is 8.37. The first-order chi connectivity index (χ1) is 8.59. The van der Waals surface area contributed by atoms with Crippen LogP contribution in [0.5, 0.6) is 0 Å². The van der Waals surface area contributed by atoms with E-state index >= 15 is 0 Å². The Balaban J connectivity index is 4.35. The summed E-state index contributed by atoms with van der Waals surface area (Å²) in [7, 11) is 1.46. The maximum absolute atomic E-state index is 11.8. The number of carbonyl (C=O) groups is 2. The van der Waals surface area contributed by atoms with Gasteiger partial charge in [-0.15, -0.1) is 0 Å². The van der Waals surface area contributed by atoms with E-state index in [0.29, 0.717) is 6.42 Å². The van der Waals surface area contributed by atoms with E-state index in [1.807, 2.05) is 6.92 Å². The maximum Gasteiger partial charge on any atom is 0.338 e. The molecule has 0 aliphatic carbocycles. The van der Waals surface area contributed by atoms with Gasteiger partial charge in [-0.3, -0.25) is 4.79 Å². The first kappa shape index (κ1) is 17.9. The summed E-state index contributed by atoms with van der Waals surface area (Å²) in [5.41, 5.74) is 3.14. The highest BCUT2D eigenvalue weighted by Gasteiger charge is 2.34. The molecule has 0 spiro atoms. The van der Waals surface area contributed by atoms with Gasteiger partial charge < -0.3 is 19.9 Å². The minimum absolute atomic E-state index is 0.0362. The van der Waals surface area contributed by atoms with Gasteiger partial charge in [-0.25, -0.2) is 4.79 Å². The van der Waals surface area contributed by atoms with E-state index in [9.17, 15) is 9.59 Å². The number of primary amides is 1. The highest BCUT2D eigenvalue weighted by atomic mass is 16.6. The standard InChI is InChI=1S/C13H25NO5/c1-7-13(5,17-6)11(16)18-8-9(2)19-12(3,4)10(14)15/h9H,7-8H2,1-6H3,(H2,14,15). The van der Waals surface area contributed by atoms with Gasteiger partial charge in [-0.2, -0.15) is 0 Å². The van der Waals surface area contributed by atoms with Crippen LogP contribution in [0.25, 0.3) is 0 Å². The molecule has 0 aromatic carbocycles. The molecule has 0 radical (unpaired) electrons. The zero-order valence-electron chi connectivity index (χ0n) is 12.6. The number of esters is 1. The summed E-state index contributed by atoms with van der Waals surface area (Å²) in [6.07, 6.45) is 0.0640. The van der Waals surface area contributed by atoms with E-state index in [-0.39, 0.29) is 6.61 Å². The Hall–Kier alpha value is -1.14. The van der Waals surface area contributed by atoms with E-state index in [1.54, 1.807) is 27.7 Å². The zero-order valence-corrected chi connectivity index (χ0v) is 12.6. The average molecular weight is 275 g/mol. The lowest BCUT2D eigenvalue weighted by molar-refractivity contribution is -0.175. The summed E-state index contributed by atoms with van der Waals surface area (Å²) in [6, 6.07) is 0. The largest absolute Gasteiger partial charge is 0.461 e. The summed E-state index contributed by atoms with van der Waals surface area (Å²) < 4.78 is 15.7. The molecule has 6 heteroatoms. The Morgan fingerprint density at radius 1 is 1.26 bits per heavy atom. The van der Waals surface area contributed by atoms with Gasteiger partial charge in [-0.1, -0.05) is 6.92 Å². The lowest BCUT2D eigenvalue weighted by Crippen LogP contribution is -2.45. The van der Waals surface area contributed by atoms with Crippen molar-refractivity contribution in [3.63, 3.8) is 0 Å². The van der Waals surface area contributed by atoms with E-state index in [4.69, 9.17) is 19.9 Å². The third kappa shape index (κ3) is 5.16. The number of rotatable bonds is 8. The second-order valence-corrected chi connectivity index (χ2v) is 5.19. The highest BCUT2D eigenvalue weighted by molar-refractivity contribution is 5.82. The minimum atomic E-state index is -1.10. The van der Waals surface area contributed by atoms with Crippen LogP contribution in [0.15, 0.2) is 0 Å². The third-order valence-electron chi connectivity index (χ3n) is 3.10. The van der Waals surface area contributed by atoms with Gasteiger partial charge >= 0.3 is 5.97 Å². The Labute approximate surface area is 114 Å². The summed E-state index contributed by atoms with van der Waals surface area (Å²) in [4.78, 5) is 23.0. The normalized spacial score (nSPS) is 16.5. The molecule has 0 aliphatic heterocycles. The summed E-state index contributed by atoms with van der Waals surface area (Å²) in [5.74, 6) is -1.02. The Kier molecular flexibility index (Phi) is 6.45. The molecule has 19 heavy (non-hydrogen) atoms. The minimum Gasteiger partial charge on any atom is -0.461 e. The van der Waals surface area contributed by atoms with E-state index in [1.165, 1.54) is 7.11 Å². The molecule has 2 atom stereocenters. The average Bonchev–Trinajstić information content (AvgIpc) is 2.34. The van der Waals surface area contributed by atoms with Crippen LogP contribution in [0.4, 0.5) is 0 Å². The van der Waals surface area contributed by atoms with Crippen LogP contribution in [0.2, 0.25) is 0 Å². The predicted octanol–water partition coefficient (Wildman–Crippen LogP) is 1.01. The Bertz CT molecular complexity index is 323. The molecule has 0 saturated carbocycles. The fraction of sp³-hybridized carbons (Fsp3) is 0.846. The molecule has 1 amide bonds. The second kappa shape index (κ2) is 6.86. The smallest absolute Gasteiger partial charge is 0.338 e. The van der Waals surface area contributed by atoms with Crippen molar-refractivity contribution in [2.45, 2.75) is 58.3 Å². The maximum atomic E-state index is 11.8. The molecular formula is C13H25NO5. The van der Waals surface area contributed by atoms with Crippen molar-refractivity contribution in [3.8, 4) is 0 Å². The highest BCUT2D eigenvalue weighted by Crippen LogP contribution is 2.17. The lowest BCUT2D eigenvalue weighted by Gasteiger charge is -2.28. The van der Waals surface area contributed by atoms with Gasteiger partial charge in [0.2, 0.25) is 5.91 Å². The number of ether oxygens (including phenoxy) is 3. The van der Waals surface area contributed by atoms with Gasteiger partial charge in [0.15, 0.2) is 5.60 Å². The molecular weight excluding hydrogens is 250 g/mol. The summed E-state index contributed by atoms with van der Waals surface area (Å²) in [5, 5.41) is 0. The molecule has 0 fully saturated rings. The van der Waals surface area contributed by atoms with Crippen LogP contribution in [0.1, 0.15) is 41.0 Å². The Morgan fingerprint density at radius 2 is 1.79 bits per heavy atom. The van der Waals surface area contributed by atoms with Crippen LogP contribution in [0.3, 0.4) is 0 Å². The predicted molar refractivity (Wildman–Crippen MR) is 70.5 cm³/mol. The molecule has 0 aromatic heterocycles. The molecule has 0 saturated heterocycles. The van der Waals surface area contributed by atoms with Crippen molar-refractivity contribution in [1.29, 1.82) is 0 Å². The monoisotopic (exact) mass is 275 g/mol. The van der Waals surface area contributed by atoms with Crippen molar-refractivity contribution in [2.24, 2.45) is 5.73 Å². The number of hydrogen-bond donors (Lipinski definition) is 1. The quantitative estimate of drug-likeness (QED) is 0.668. The van der Waals surface area contributed by atoms with Crippen molar-refractivity contribution in [3.05, 3.63) is 0 Å². The van der Waals surface area contributed by atoms with Crippen molar-refractivity contribution in [1.82, 2.24) is 0 Å². The molecule has 0 bridgehead atoms. The van der Waals surface area contributed by atoms with Gasteiger partial charge in [0, 0.05) is 7.11 Å². The van der Waals surface area contributed by atoms with Crippen molar-refractivity contribution >= 4 is 11.9 Å². The second-order valence-electron chi connectivity index (χ2n) is 5.19. The van der Waals surface area contributed by atoms with E-state index in [0.717, 1.165) is 0 Å². The fourth-order valence-corrected chi connectivity index (χ4v) is 1.31. The van der Waals surface area contributed by atoms with Crippen LogP contribution >= 0.6 is 0 Å². The molecule has 0 heterocycles. The van der Waals surface area contributed by atoms with Gasteiger partial charge in [-0.05, 0) is 34.1 Å². The number of hydrogen-bond acceptors (Lipinski definition) is 5. The molecule has 2 N–H and O–H groups in total. The van der Waals surface area contributed by atoms with Gasteiger partial charge in [0.05, 0.1) is 6.10 Å². The van der Waals surface area contributed by atoms with Crippen molar-refractivity contribution in [2.75, 3.05) is 13.7 Å². The Morgan fingerprint density at radius 3 is 2.16 bits per heavy atom. The van der Waals surface area contributed by atoms with Gasteiger partial charge in [0.25, 0.3) is 0 Å². The van der Waals surface area contributed by atoms with Crippen LogP contribution in [0, 0.1) is 0 Å². The topological polar surface area (TPSA) is 87.8 Å². The molecule has 6 nitrogen and oxygen atoms in total. The fourth-order valence-electron chi connectivity index (χ4n) is 1.31. The molecule has 0 aromatic rings. The molecule has 0 rings (SSSR count). The van der Waals surface area contributed by atoms with Crippen LogP contribution < -0.4 is 5.73 Å². The first-order valence-electron chi connectivity index (χ1n) is 6.29. The van der Waals surface area contributed by atoms with E-state index < -0.39 is 29.2 Å². The molecule has 0 aliphatic rings. The number of nitrogens with two attached hydrogens (primary N) is 1. The lowest BCUT2D eigenvalue weighted by atomic mass is 10.0. The summed E-state index contributed by atoms with van der Waals surface area (Å²) >= 11 is 0. The van der Waals surface area contributed by atoms with Crippen LogP contribution in [-0.4, -0.2) is 42.9 Å². The first-order valence-corrected chi connectivity index (χ1v) is 6.29. The number of carbonyl (C=O) groups excluding carboxylic acids is 2. The van der Waals surface area contributed by atoms with Gasteiger partial charge in [0.1, 0.15) is 12.2 Å². The third-order valence-corrected chi connectivity index (χ3v) is 3.10. The van der Waals surface area contributed by atoms with Crippen LogP contribution in [-0.2, 0) is 23.8 Å². The SMILES string of the molecule is CCC(C)(OC)C(=O)OCC(C)OC(C)(C)C(N)=O. The zero-order chi connectivity index (χ0) is 15.3. The number of amides is 1. The number of methoxy groups -OCH3 is 1. The van der Waals surface area contributed by atoms with Crippen molar-refractivity contribution < 1.29 is 23.8 Å².